The van der Waals surface area contributed by atoms with Crippen molar-refractivity contribution in [1.29, 1.82) is 0 Å². The minimum atomic E-state index is -0.695. The number of carboxylic acids is 1. The van der Waals surface area contributed by atoms with Crippen molar-refractivity contribution in [3.63, 3.8) is 0 Å². The minimum absolute atomic E-state index is 0.00468. The van der Waals surface area contributed by atoms with Gasteiger partial charge in [-0.25, -0.2) is 0 Å². The van der Waals surface area contributed by atoms with E-state index in [-0.39, 0.29) is 17.8 Å². The molecule has 1 saturated carbocycles. The average molecular weight is 260 g/mol. The predicted molar refractivity (Wildman–Crippen MR) is 72.3 cm³/mol. The molecule has 0 aromatic heterocycles. The van der Waals surface area contributed by atoms with Gasteiger partial charge in [0.15, 0.2) is 0 Å². The third-order valence-corrected chi connectivity index (χ3v) is 5.13. The molecule has 1 spiro atoms. The number of benzene rings is 1. The first-order chi connectivity index (χ1) is 9.13. The van der Waals surface area contributed by atoms with E-state index in [0.717, 1.165) is 31.2 Å². The van der Waals surface area contributed by atoms with Crippen molar-refractivity contribution in [3.05, 3.63) is 29.3 Å². The molecule has 3 rings (SSSR count). The Morgan fingerprint density at radius 1 is 1.32 bits per heavy atom. The minimum Gasteiger partial charge on any atom is -0.508 e. The molecule has 2 aliphatic carbocycles. The Bertz CT molecular complexity index is 501. The summed E-state index contributed by atoms with van der Waals surface area (Å²) in [6.07, 6.45) is 6.44. The van der Waals surface area contributed by atoms with Crippen molar-refractivity contribution in [2.75, 3.05) is 0 Å². The highest BCUT2D eigenvalue weighted by molar-refractivity contribution is 5.67. The Morgan fingerprint density at radius 2 is 2.05 bits per heavy atom. The zero-order valence-corrected chi connectivity index (χ0v) is 11.1. The van der Waals surface area contributed by atoms with Crippen LogP contribution >= 0.6 is 0 Å². The van der Waals surface area contributed by atoms with Crippen LogP contribution in [0.15, 0.2) is 18.2 Å². The first-order valence-electron chi connectivity index (χ1n) is 7.16. The number of phenolic OH excluding ortho intramolecular Hbond substituents is 1. The van der Waals surface area contributed by atoms with Gasteiger partial charge in [-0.3, -0.25) is 4.79 Å². The smallest absolute Gasteiger partial charge is 0.303 e. The van der Waals surface area contributed by atoms with Gasteiger partial charge in [-0.05, 0) is 54.2 Å². The van der Waals surface area contributed by atoms with Crippen LogP contribution in [0.25, 0.3) is 0 Å². The SMILES string of the molecule is O=C(O)CC1CCc2c(O)cccc2C12CCCC2. The van der Waals surface area contributed by atoms with Crippen LogP contribution in [0.2, 0.25) is 0 Å². The molecule has 1 fully saturated rings. The predicted octanol–water partition coefficient (Wildman–Crippen LogP) is 3.24. The van der Waals surface area contributed by atoms with Crippen LogP contribution in [0.1, 0.15) is 49.7 Å². The first-order valence-corrected chi connectivity index (χ1v) is 7.16. The van der Waals surface area contributed by atoms with E-state index in [4.69, 9.17) is 5.11 Å². The topological polar surface area (TPSA) is 57.5 Å². The second-order valence-electron chi connectivity index (χ2n) is 6.00. The summed E-state index contributed by atoms with van der Waals surface area (Å²) in [4.78, 5) is 11.1. The van der Waals surface area contributed by atoms with Crippen molar-refractivity contribution in [3.8, 4) is 5.75 Å². The van der Waals surface area contributed by atoms with Crippen molar-refractivity contribution in [1.82, 2.24) is 0 Å². The normalized spacial score (nSPS) is 24.3. The number of aliphatic carboxylic acids is 1. The Labute approximate surface area is 113 Å². The average Bonchev–Trinajstić information content (AvgIpc) is 2.84. The summed E-state index contributed by atoms with van der Waals surface area (Å²) in [6, 6.07) is 5.75. The lowest BCUT2D eigenvalue weighted by molar-refractivity contribution is -0.138. The summed E-state index contributed by atoms with van der Waals surface area (Å²) < 4.78 is 0. The van der Waals surface area contributed by atoms with E-state index < -0.39 is 5.97 Å². The van der Waals surface area contributed by atoms with E-state index in [2.05, 4.69) is 6.07 Å². The Morgan fingerprint density at radius 3 is 2.74 bits per heavy atom. The monoisotopic (exact) mass is 260 g/mol. The number of carbonyl (C=O) groups is 1. The summed E-state index contributed by atoms with van der Waals surface area (Å²) in [5, 5.41) is 19.2. The molecular formula is C16H20O3. The van der Waals surface area contributed by atoms with E-state index in [9.17, 15) is 9.90 Å². The van der Waals surface area contributed by atoms with Crippen molar-refractivity contribution in [2.24, 2.45) is 5.92 Å². The van der Waals surface area contributed by atoms with Crippen LogP contribution < -0.4 is 0 Å². The highest BCUT2D eigenvalue weighted by Crippen LogP contribution is 2.54. The quantitative estimate of drug-likeness (QED) is 0.858. The number of hydrogen-bond donors (Lipinski definition) is 2. The van der Waals surface area contributed by atoms with Crippen molar-refractivity contribution in [2.45, 2.75) is 50.4 Å². The molecule has 3 heteroatoms. The molecule has 0 saturated heterocycles. The number of carboxylic acid groups (broad SMARTS) is 1. The maximum absolute atomic E-state index is 11.1. The zero-order chi connectivity index (χ0) is 13.5. The Balaban J connectivity index is 2.07. The van der Waals surface area contributed by atoms with Gasteiger partial charge in [0.05, 0.1) is 0 Å². The molecule has 1 unspecified atom stereocenters. The van der Waals surface area contributed by atoms with Gasteiger partial charge >= 0.3 is 5.97 Å². The van der Waals surface area contributed by atoms with Crippen LogP contribution in [-0.2, 0) is 16.6 Å². The van der Waals surface area contributed by atoms with Gasteiger partial charge < -0.3 is 10.2 Å². The summed E-state index contributed by atoms with van der Waals surface area (Å²) in [5.74, 6) is -0.0840. The van der Waals surface area contributed by atoms with Gasteiger partial charge in [-0.15, -0.1) is 0 Å². The van der Waals surface area contributed by atoms with Gasteiger partial charge in [-0.1, -0.05) is 25.0 Å². The summed E-state index contributed by atoms with van der Waals surface area (Å²) >= 11 is 0. The largest absolute Gasteiger partial charge is 0.508 e. The van der Waals surface area contributed by atoms with Gasteiger partial charge in [0, 0.05) is 6.42 Å². The van der Waals surface area contributed by atoms with Gasteiger partial charge in [0.2, 0.25) is 0 Å². The maximum Gasteiger partial charge on any atom is 0.303 e. The van der Waals surface area contributed by atoms with Gasteiger partial charge in [0.1, 0.15) is 5.75 Å². The van der Waals surface area contributed by atoms with E-state index in [0.29, 0.717) is 5.75 Å². The summed E-state index contributed by atoms with van der Waals surface area (Å²) in [5.41, 5.74) is 2.29. The van der Waals surface area contributed by atoms with Crippen molar-refractivity contribution >= 4 is 5.97 Å². The number of phenols is 1. The molecule has 0 bridgehead atoms. The van der Waals surface area contributed by atoms with Crippen LogP contribution in [-0.4, -0.2) is 16.2 Å². The molecule has 2 aliphatic rings. The molecule has 2 N–H and O–H groups in total. The maximum atomic E-state index is 11.1. The molecule has 1 aromatic carbocycles. The molecule has 1 aromatic rings. The lowest BCUT2D eigenvalue weighted by atomic mass is 9.61. The molecule has 102 valence electrons. The molecular weight excluding hydrogens is 240 g/mol. The number of hydrogen-bond acceptors (Lipinski definition) is 2. The van der Waals surface area contributed by atoms with Crippen molar-refractivity contribution < 1.29 is 15.0 Å². The molecule has 3 nitrogen and oxygen atoms in total. The van der Waals surface area contributed by atoms with E-state index >= 15 is 0 Å². The zero-order valence-electron chi connectivity index (χ0n) is 11.1. The molecule has 0 amide bonds. The lowest BCUT2D eigenvalue weighted by Gasteiger charge is -2.43. The third kappa shape index (κ3) is 1.92. The third-order valence-electron chi connectivity index (χ3n) is 5.13. The van der Waals surface area contributed by atoms with E-state index in [1.165, 1.54) is 18.4 Å². The van der Waals surface area contributed by atoms with Crippen LogP contribution in [0, 0.1) is 5.92 Å². The fourth-order valence-corrected chi connectivity index (χ4v) is 4.31. The lowest BCUT2D eigenvalue weighted by Crippen LogP contribution is -2.38. The van der Waals surface area contributed by atoms with Gasteiger partial charge in [-0.2, -0.15) is 0 Å². The van der Waals surface area contributed by atoms with Gasteiger partial charge in [0.25, 0.3) is 0 Å². The highest BCUT2D eigenvalue weighted by atomic mass is 16.4. The highest BCUT2D eigenvalue weighted by Gasteiger charge is 2.46. The first kappa shape index (κ1) is 12.5. The Hall–Kier alpha value is -1.51. The molecule has 19 heavy (non-hydrogen) atoms. The molecule has 0 aliphatic heterocycles. The number of aromatic hydroxyl groups is 1. The Kier molecular flexibility index (Phi) is 3.00. The number of rotatable bonds is 2. The second-order valence-corrected chi connectivity index (χ2v) is 6.00. The fourth-order valence-electron chi connectivity index (χ4n) is 4.31. The van der Waals surface area contributed by atoms with E-state index in [1.54, 1.807) is 6.07 Å². The molecule has 1 atom stereocenters. The number of fused-ring (bicyclic) bond motifs is 2. The van der Waals surface area contributed by atoms with Crippen LogP contribution in [0.5, 0.6) is 5.75 Å². The summed E-state index contributed by atoms with van der Waals surface area (Å²) in [7, 11) is 0. The van der Waals surface area contributed by atoms with Crippen LogP contribution in [0.4, 0.5) is 0 Å². The standard InChI is InChI=1S/C16H20O3/c17-14-5-3-4-13-12(14)7-6-11(10-15(18)19)16(13)8-1-2-9-16/h3-5,11,17H,1-2,6-10H2,(H,18,19). The van der Waals surface area contributed by atoms with E-state index in [1.807, 2.05) is 6.07 Å². The summed E-state index contributed by atoms with van der Waals surface area (Å²) in [6.45, 7) is 0. The second kappa shape index (κ2) is 4.55. The molecule has 0 heterocycles. The van der Waals surface area contributed by atoms with Crippen LogP contribution in [0.3, 0.4) is 0 Å². The molecule has 0 radical (unpaired) electrons. The fraction of sp³-hybridized carbons (Fsp3) is 0.562.